The third-order valence-electron chi connectivity index (χ3n) is 2.86. The molecule has 1 N–H and O–H groups in total. The second-order valence-corrected chi connectivity index (χ2v) is 6.08. The third-order valence-corrected chi connectivity index (χ3v) is 3.84. The highest BCUT2D eigenvalue weighted by atomic mass is 32.2. The van der Waals surface area contributed by atoms with Crippen LogP contribution < -0.4 is 5.32 Å². The van der Waals surface area contributed by atoms with Crippen LogP contribution >= 0.6 is 24.0 Å². The standard InChI is InChI=1S/C16H11N3O2S2/c20-13(11-7-3-1-4-8-11)17-16(22)23-15-19-18-14(21-15)12-9-5-2-6-10-12/h1-10H,(H,17,20,22). The molecule has 0 unspecified atom stereocenters. The molecule has 1 aromatic heterocycles. The number of carbonyl (C=O) groups excluding carboxylic acids is 1. The van der Waals surface area contributed by atoms with Crippen molar-refractivity contribution in [2.75, 3.05) is 0 Å². The van der Waals surface area contributed by atoms with Gasteiger partial charge in [0.1, 0.15) is 4.32 Å². The van der Waals surface area contributed by atoms with E-state index in [0.29, 0.717) is 11.5 Å². The van der Waals surface area contributed by atoms with E-state index in [-0.39, 0.29) is 15.5 Å². The fraction of sp³-hybridized carbons (Fsp3) is 0. The normalized spacial score (nSPS) is 10.3. The van der Waals surface area contributed by atoms with Gasteiger partial charge in [0.25, 0.3) is 11.1 Å². The van der Waals surface area contributed by atoms with Gasteiger partial charge in [-0.15, -0.1) is 10.2 Å². The number of amides is 1. The molecule has 0 atom stereocenters. The molecule has 0 fully saturated rings. The molecule has 0 bridgehead atoms. The third kappa shape index (κ3) is 4.02. The van der Waals surface area contributed by atoms with Gasteiger partial charge in [0.15, 0.2) is 0 Å². The summed E-state index contributed by atoms with van der Waals surface area (Å²) >= 11 is 6.18. The van der Waals surface area contributed by atoms with Crippen molar-refractivity contribution in [3.05, 3.63) is 66.2 Å². The fourth-order valence-electron chi connectivity index (χ4n) is 1.81. The summed E-state index contributed by atoms with van der Waals surface area (Å²) in [6.07, 6.45) is 0. The molecule has 23 heavy (non-hydrogen) atoms. The van der Waals surface area contributed by atoms with Crippen molar-refractivity contribution in [1.29, 1.82) is 0 Å². The predicted octanol–water partition coefficient (Wildman–Crippen LogP) is 3.54. The summed E-state index contributed by atoms with van der Waals surface area (Å²) in [6, 6.07) is 18.3. The molecule has 1 amide bonds. The molecule has 0 spiro atoms. The Morgan fingerprint density at radius 3 is 2.35 bits per heavy atom. The maximum absolute atomic E-state index is 12.0. The largest absolute Gasteiger partial charge is 0.411 e. The molecule has 5 nitrogen and oxygen atoms in total. The summed E-state index contributed by atoms with van der Waals surface area (Å²) in [5.41, 5.74) is 1.36. The van der Waals surface area contributed by atoms with Crippen molar-refractivity contribution in [2.45, 2.75) is 5.22 Å². The van der Waals surface area contributed by atoms with E-state index >= 15 is 0 Å². The summed E-state index contributed by atoms with van der Waals surface area (Å²) in [5.74, 6) is 0.135. The van der Waals surface area contributed by atoms with Crippen molar-refractivity contribution in [3.63, 3.8) is 0 Å². The van der Waals surface area contributed by atoms with Crippen LogP contribution in [-0.2, 0) is 0 Å². The van der Waals surface area contributed by atoms with E-state index in [1.54, 1.807) is 24.3 Å². The second-order valence-electron chi connectivity index (χ2n) is 4.45. The number of thioether (sulfide) groups is 1. The molecular formula is C16H11N3O2S2. The summed E-state index contributed by atoms with van der Waals surface area (Å²) < 4.78 is 5.78. The molecule has 2 aromatic carbocycles. The Labute approximate surface area is 142 Å². The van der Waals surface area contributed by atoms with Crippen LogP contribution in [0.25, 0.3) is 11.5 Å². The molecule has 0 aliphatic rings. The van der Waals surface area contributed by atoms with Crippen LogP contribution in [0, 0.1) is 0 Å². The number of nitrogens with zero attached hydrogens (tertiary/aromatic N) is 2. The molecule has 0 saturated carbocycles. The van der Waals surface area contributed by atoms with Gasteiger partial charge in [-0.25, -0.2) is 0 Å². The number of aromatic nitrogens is 2. The average molecular weight is 341 g/mol. The summed E-state index contributed by atoms with van der Waals surface area (Å²) in [6.45, 7) is 0. The first kappa shape index (κ1) is 15.4. The molecule has 0 radical (unpaired) electrons. The second kappa shape index (κ2) is 7.17. The smallest absolute Gasteiger partial charge is 0.283 e. The number of thiocarbonyl (C=S) groups is 1. The van der Waals surface area contributed by atoms with Gasteiger partial charge in [0.05, 0.1) is 0 Å². The Bertz CT molecular complexity index is 820. The van der Waals surface area contributed by atoms with Crippen LogP contribution in [0.15, 0.2) is 70.3 Å². The number of hydrogen-bond donors (Lipinski definition) is 1. The van der Waals surface area contributed by atoms with Crippen molar-refractivity contribution >= 4 is 34.2 Å². The van der Waals surface area contributed by atoms with E-state index < -0.39 is 0 Å². The minimum absolute atomic E-state index is 0.252. The van der Waals surface area contributed by atoms with Crippen LogP contribution in [0.4, 0.5) is 0 Å². The Balaban J connectivity index is 1.63. The van der Waals surface area contributed by atoms with E-state index in [1.165, 1.54) is 0 Å². The Hall–Kier alpha value is -2.51. The monoisotopic (exact) mass is 341 g/mol. The van der Waals surface area contributed by atoms with Gasteiger partial charge in [-0.05, 0) is 24.3 Å². The van der Waals surface area contributed by atoms with Crippen LogP contribution in [0.2, 0.25) is 0 Å². The van der Waals surface area contributed by atoms with Crippen molar-refractivity contribution in [3.8, 4) is 11.5 Å². The molecular weight excluding hydrogens is 330 g/mol. The molecule has 0 aliphatic carbocycles. The lowest BCUT2D eigenvalue weighted by molar-refractivity contribution is 0.0978. The summed E-state index contributed by atoms with van der Waals surface area (Å²) in [5, 5.41) is 10.8. The number of carbonyl (C=O) groups is 1. The zero-order chi connectivity index (χ0) is 16.1. The Kier molecular flexibility index (Phi) is 4.80. The molecule has 7 heteroatoms. The molecule has 114 valence electrons. The molecule has 0 saturated heterocycles. The van der Waals surface area contributed by atoms with Gasteiger partial charge in [0.2, 0.25) is 5.89 Å². The number of hydrogen-bond acceptors (Lipinski definition) is 6. The van der Waals surface area contributed by atoms with Gasteiger partial charge in [-0.3, -0.25) is 4.79 Å². The number of benzene rings is 2. The van der Waals surface area contributed by atoms with Gasteiger partial charge in [-0.2, -0.15) is 0 Å². The first-order chi connectivity index (χ1) is 11.2. The fourth-order valence-corrected chi connectivity index (χ4v) is 2.62. The highest BCUT2D eigenvalue weighted by Gasteiger charge is 2.13. The molecule has 0 aliphatic heterocycles. The van der Waals surface area contributed by atoms with E-state index in [1.807, 2.05) is 36.4 Å². The van der Waals surface area contributed by atoms with Crippen molar-refractivity contribution in [2.24, 2.45) is 0 Å². The van der Waals surface area contributed by atoms with Gasteiger partial charge in [0, 0.05) is 22.9 Å². The Morgan fingerprint density at radius 2 is 1.65 bits per heavy atom. The maximum Gasteiger partial charge on any atom is 0.283 e. The molecule has 1 heterocycles. The maximum atomic E-state index is 12.0. The lowest BCUT2D eigenvalue weighted by Gasteiger charge is -2.03. The molecule has 3 aromatic rings. The van der Waals surface area contributed by atoms with Crippen molar-refractivity contribution in [1.82, 2.24) is 15.5 Å². The Morgan fingerprint density at radius 1 is 1.00 bits per heavy atom. The highest BCUT2D eigenvalue weighted by Crippen LogP contribution is 2.23. The van der Waals surface area contributed by atoms with Gasteiger partial charge in [-0.1, -0.05) is 48.6 Å². The minimum atomic E-state index is -0.272. The van der Waals surface area contributed by atoms with Gasteiger partial charge >= 0.3 is 0 Å². The first-order valence-electron chi connectivity index (χ1n) is 6.69. The van der Waals surface area contributed by atoms with E-state index in [4.69, 9.17) is 16.6 Å². The SMILES string of the molecule is O=C(NC(=S)Sc1nnc(-c2ccccc2)o1)c1ccccc1. The van der Waals surface area contributed by atoms with Crippen LogP contribution in [0.5, 0.6) is 0 Å². The predicted molar refractivity (Wildman–Crippen MR) is 92.1 cm³/mol. The summed E-state index contributed by atoms with van der Waals surface area (Å²) in [7, 11) is 0. The lowest BCUT2D eigenvalue weighted by Crippen LogP contribution is -2.26. The zero-order valence-electron chi connectivity index (χ0n) is 11.8. The van der Waals surface area contributed by atoms with Gasteiger partial charge < -0.3 is 9.73 Å². The topological polar surface area (TPSA) is 68.0 Å². The van der Waals surface area contributed by atoms with Crippen LogP contribution in [0.1, 0.15) is 10.4 Å². The molecule has 3 rings (SSSR count). The number of rotatable bonds is 3. The number of nitrogens with one attached hydrogen (secondary N) is 1. The van der Waals surface area contributed by atoms with Crippen LogP contribution in [-0.4, -0.2) is 20.4 Å². The minimum Gasteiger partial charge on any atom is -0.411 e. The highest BCUT2D eigenvalue weighted by molar-refractivity contribution is 8.22. The average Bonchev–Trinajstić information content (AvgIpc) is 3.04. The quantitative estimate of drug-likeness (QED) is 0.580. The van der Waals surface area contributed by atoms with E-state index in [0.717, 1.165) is 17.3 Å². The van der Waals surface area contributed by atoms with E-state index in [2.05, 4.69) is 15.5 Å². The van der Waals surface area contributed by atoms with Crippen molar-refractivity contribution < 1.29 is 9.21 Å². The lowest BCUT2D eigenvalue weighted by atomic mass is 10.2. The van der Waals surface area contributed by atoms with E-state index in [9.17, 15) is 4.79 Å². The van der Waals surface area contributed by atoms with Crippen LogP contribution in [0.3, 0.4) is 0 Å². The summed E-state index contributed by atoms with van der Waals surface area (Å²) in [4.78, 5) is 12.0. The first-order valence-corrected chi connectivity index (χ1v) is 7.92. The zero-order valence-corrected chi connectivity index (χ0v) is 13.4.